The summed E-state index contributed by atoms with van der Waals surface area (Å²) in [6, 6.07) is 0. The maximum atomic E-state index is 2.47. The minimum atomic E-state index is 0.569. The van der Waals surface area contributed by atoms with Crippen molar-refractivity contribution in [1.29, 1.82) is 0 Å². The first-order chi connectivity index (χ1) is 3.71. The second kappa shape index (κ2) is 2.54. The average molecular weight is 224 g/mol. The van der Waals surface area contributed by atoms with Gasteiger partial charge in [0, 0.05) is 0 Å². The summed E-state index contributed by atoms with van der Waals surface area (Å²) >= 11 is 0.569. The van der Waals surface area contributed by atoms with Crippen LogP contribution in [0, 0.1) is 11.8 Å². The maximum absolute atomic E-state index is 2.47. The summed E-state index contributed by atoms with van der Waals surface area (Å²) in [6.07, 6.45) is 3.82. The Morgan fingerprint density at radius 1 is 1.50 bits per heavy atom. The third-order valence-electron chi connectivity index (χ3n) is 1.37. The molecule has 0 nitrogen and oxygen atoms in total. The van der Waals surface area contributed by atoms with Crippen LogP contribution in [0.4, 0.5) is 0 Å². The van der Waals surface area contributed by atoms with Crippen LogP contribution in [0.3, 0.4) is 0 Å². The Bertz CT molecular complexity index is 68.5. The van der Waals surface area contributed by atoms with E-state index in [1.807, 2.05) is 0 Å². The predicted octanol–water partition coefficient (Wildman–Crippen LogP) is -1.29. The van der Waals surface area contributed by atoms with Crippen molar-refractivity contribution in [2.24, 2.45) is 5.41 Å². The zero-order chi connectivity index (χ0) is 6.04. The van der Waals surface area contributed by atoms with E-state index in [0.29, 0.717) is 26.6 Å². The van der Waals surface area contributed by atoms with E-state index in [1.165, 1.54) is 15.3 Å². The zero-order valence-electron chi connectivity index (χ0n) is 5.58. The number of hydrogen-bond donors (Lipinski definition) is 0. The topological polar surface area (TPSA) is 0 Å². The Morgan fingerprint density at radius 3 is 2.50 bits per heavy atom. The number of rotatable bonds is 0. The fraction of sp³-hybridized carbons (Fsp3) is 0.857. The van der Waals surface area contributed by atoms with E-state index < -0.39 is 0 Å². The van der Waals surface area contributed by atoms with Gasteiger partial charge in [0.05, 0.1) is 0 Å². The molecule has 1 saturated heterocycles. The van der Waals surface area contributed by atoms with E-state index in [4.69, 9.17) is 0 Å². The van der Waals surface area contributed by atoms with Gasteiger partial charge in [-0.05, 0) is 0 Å². The number of halogens is 1. The second-order valence-corrected chi connectivity index (χ2v) is 5.86. The summed E-state index contributed by atoms with van der Waals surface area (Å²) in [6.45, 7) is 4.75. The number of alkyl halides is 2. The van der Waals surface area contributed by atoms with E-state index in [9.17, 15) is 0 Å². The molecule has 0 aromatic rings. The Hall–Kier alpha value is 0.730. The van der Waals surface area contributed by atoms with Crippen molar-refractivity contribution in [3.63, 3.8) is 0 Å². The molecule has 0 amide bonds. The Labute approximate surface area is 62.3 Å². The van der Waals surface area contributed by atoms with Crippen LogP contribution in [-0.4, -0.2) is 8.86 Å². The van der Waals surface area contributed by atoms with Crippen LogP contribution in [-0.2, 0) is 0 Å². The van der Waals surface area contributed by atoms with Crippen LogP contribution in [0.5, 0.6) is 0 Å². The van der Waals surface area contributed by atoms with Crippen LogP contribution >= 0.6 is 0 Å². The van der Waals surface area contributed by atoms with E-state index in [0.717, 1.165) is 0 Å². The Balaban J connectivity index is 2.33. The van der Waals surface area contributed by atoms with Gasteiger partial charge in [-0.25, -0.2) is 0 Å². The van der Waals surface area contributed by atoms with Crippen LogP contribution < -0.4 is 21.2 Å². The van der Waals surface area contributed by atoms with Crippen molar-refractivity contribution in [2.75, 3.05) is 8.86 Å². The van der Waals surface area contributed by atoms with Crippen LogP contribution in [0.25, 0.3) is 0 Å². The van der Waals surface area contributed by atoms with Crippen molar-refractivity contribution in [3.05, 3.63) is 6.42 Å². The van der Waals surface area contributed by atoms with Gasteiger partial charge >= 0.3 is 62.2 Å². The first-order valence-corrected chi connectivity index (χ1v) is 6.11. The molecule has 1 aliphatic heterocycles. The molecular formula is C7H13I-2. The fourth-order valence-corrected chi connectivity index (χ4v) is 3.72. The average Bonchev–Trinajstić information content (AvgIpc) is 1.65. The van der Waals surface area contributed by atoms with Gasteiger partial charge in [-0.2, -0.15) is 0 Å². The van der Waals surface area contributed by atoms with Crippen molar-refractivity contribution in [1.82, 2.24) is 0 Å². The van der Waals surface area contributed by atoms with Crippen LogP contribution in [0.15, 0.2) is 0 Å². The Kier molecular flexibility index (Phi) is 2.18. The normalized spacial score (nSPS) is 28.8. The summed E-state index contributed by atoms with van der Waals surface area (Å²) in [5.74, 6) is 0. The van der Waals surface area contributed by atoms with Gasteiger partial charge in [0.25, 0.3) is 0 Å². The Morgan fingerprint density at radius 2 is 2.25 bits per heavy atom. The van der Waals surface area contributed by atoms with Crippen LogP contribution in [0.1, 0.15) is 20.3 Å². The molecule has 1 fully saturated rings. The first-order valence-electron chi connectivity index (χ1n) is 3.06. The van der Waals surface area contributed by atoms with Crippen molar-refractivity contribution in [2.45, 2.75) is 20.3 Å². The SMILES string of the molecule is CC1(C)C[CH-]C[I-]C1. The monoisotopic (exact) mass is 224 g/mol. The van der Waals surface area contributed by atoms with Crippen LogP contribution in [0.2, 0.25) is 0 Å². The summed E-state index contributed by atoms with van der Waals surface area (Å²) in [4.78, 5) is 0. The molecule has 0 aromatic carbocycles. The summed E-state index contributed by atoms with van der Waals surface area (Å²) in [5.41, 5.74) is 0.672. The molecule has 0 unspecified atom stereocenters. The molecule has 0 N–H and O–H groups in total. The quantitative estimate of drug-likeness (QED) is 0.273. The van der Waals surface area contributed by atoms with Crippen molar-refractivity contribution in [3.8, 4) is 0 Å². The minimum absolute atomic E-state index is 0.569. The van der Waals surface area contributed by atoms with Gasteiger partial charge in [0.2, 0.25) is 0 Å². The number of hydrogen-bond acceptors (Lipinski definition) is 0. The molecule has 0 bridgehead atoms. The van der Waals surface area contributed by atoms with Gasteiger partial charge in [0.15, 0.2) is 0 Å². The standard InChI is InChI=1S/C7H13I/c1-7(2)4-3-5-8-6-7/h3H,4-6H2,1-2H3/q-2. The molecule has 1 aliphatic rings. The molecular weight excluding hydrogens is 211 g/mol. The summed E-state index contributed by atoms with van der Waals surface area (Å²) < 4.78 is 2.99. The molecule has 0 spiro atoms. The summed E-state index contributed by atoms with van der Waals surface area (Å²) in [7, 11) is 0. The molecule has 1 heterocycles. The predicted molar refractivity (Wildman–Crippen MR) is 32.4 cm³/mol. The van der Waals surface area contributed by atoms with E-state index in [-0.39, 0.29) is 0 Å². The molecule has 8 heavy (non-hydrogen) atoms. The second-order valence-electron chi connectivity index (χ2n) is 3.13. The third-order valence-corrected chi connectivity index (χ3v) is 5.22. The molecule has 0 aliphatic carbocycles. The molecule has 1 rings (SSSR count). The van der Waals surface area contributed by atoms with Crippen molar-refractivity contribution >= 4 is 0 Å². The molecule has 50 valence electrons. The van der Waals surface area contributed by atoms with Gasteiger partial charge in [-0.1, -0.05) is 0 Å². The molecule has 0 radical (unpaired) electrons. The zero-order valence-corrected chi connectivity index (χ0v) is 7.73. The molecule has 0 atom stereocenters. The summed E-state index contributed by atoms with van der Waals surface area (Å²) in [5, 5.41) is 0. The van der Waals surface area contributed by atoms with Gasteiger partial charge in [-0.15, -0.1) is 0 Å². The van der Waals surface area contributed by atoms with Gasteiger partial charge in [-0.3, -0.25) is 0 Å². The molecule has 1 heteroatoms. The molecule has 0 aromatic heterocycles. The van der Waals surface area contributed by atoms with Gasteiger partial charge in [0.1, 0.15) is 0 Å². The van der Waals surface area contributed by atoms with E-state index in [1.54, 1.807) is 0 Å². The van der Waals surface area contributed by atoms with Gasteiger partial charge < -0.3 is 0 Å². The molecule has 0 saturated carbocycles. The third kappa shape index (κ3) is 1.92. The van der Waals surface area contributed by atoms with Crippen molar-refractivity contribution < 1.29 is 21.2 Å². The fourth-order valence-electron chi connectivity index (χ4n) is 0.887. The van der Waals surface area contributed by atoms with E-state index >= 15 is 0 Å². The first kappa shape index (κ1) is 6.84. The van der Waals surface area contributed by atoms with E-state index in [2.05, 4.69) is 20.3 Å².